The summed E-state index contributed by atoms with van der Waals surface area (Å²) in [5.41, 5.74) is 3.48. The number of carbonyl (C=O) groups excluding carboxylic acids is 2. The summed E-state index contributed by atoms with van der Waals surface area (Å²) >= 11 is 0. The highest BCUT2D eigenvalue weighted by molar-refractivity contribution is 6.03. The van der Waals surface area contributed by atoms with E-state index in [4.69, 9.17) is 4.74 Å². The Labute approximate surface area is 183 Å². The molecule has 0 aliphatic carbocycles. The van der Waals surface area contributed by atoms with Crippen LogP contribution in [-0.4, -0.2) is 53.6 Å². The molecule has 2 atom stereocenters. The highest BCUT2D eigenvalue weighted by Crippen LogP contribution is 2.33. The molecule has 2 amide bonds. The van der Waals surface area contributed by atoms with Crippen LogP contribution in [0.15, 0.2) is 18.2 Å². The monoisotopic (exact) mass is 431 g/mol. The zero-order valence-electron chi connectivity index (χ0n) is 18.5. The van der Waals surface area contributed by atoms with Crippen LogP contribution >= 0.6 is 0 Å². The molecule has 0 bridgehead atoms. The number of hydrogen-bond acceptors (Lipinski definition) is 5. The van der Waals surface area contributed by atoms with Gasteiger partial charge >= 0.3 is 5.97 Å². The molecule has 1 fully saturated rings. The summed E-state index contributed by atoms with van der Waals surface area (Å²) in [5.74, 6) is -1.49. The van der Waals surface area contributed by atoms with Crippen molar-refractivity contribution in [3.8, 4) is 5.75 Å². The molecule has 8 heteroatoms. The van der Waals surface area contributed by atoms with Crippen LogP contribution in [0.3, 0.4) is 0 Å². The molecule has 2 unspecified atom stereocenters. The molecule has 0 saturated carbocycles. The quantitative estimate of drug-likeness (QED) is 0.584. The molecule has 1 aromatic rings. The molecular formula is C23H33N3O5. The molecule has 2 aliphatic rings. The number of ether oxygens (including phenoxy) is 1. The normalized spacial score (nSPS) is 20.8. The molecular weight excluding hydrogens is 398 g/mol. The molecule has 1 aromatic carbocycles. The van der Waals surface area contributed by atoms with Gasteiger partial charge in [-0.15, -0.1) is 0 Å². The standard InChI is InChI=1S/C23H33N3O5/c1-4-19(23(29)30)26-22(28)18-13-16(31-12-9-15-7-10-24-11-8-15)5-6-17(18)20(14(2)3)21(27)25-26/h5-6,13-15,19-20,24H,4,7-12H2,1-3H3,(H,25,27)(H,29,30). The van der Waals surface area contributed by atoms with E-state index in [1.165, 1.54) is 0 Å². The van der Waals surface area contributed by atoms with Crippen LogP contribution in [0.2, 0.25) is 0 Å². The van der Waals surface area contributed by atoms with Gasteiger partial charge in [-0.3, -0.25) is 15.0 Å². The number of fused-ring (bicyclic) bond motifs is 1. The fourth-order valence-corrected chi connectivity index (χ4v) is 4.45. The highest BCUT2D eigenvalue weighted by atomic mass is 16.5. The van der Waals surface area contributed by atoms with Crippen LogP contribution in [0.5, 0.6) is 5.75 Å². The van der Waals surface area contributed by atoms with E-state index >= 15 is 0 Å². The summed E-state index contributed by atoms with van der Waals surface area (Å²) in [5, 5.41) is 13.9. The van der Waals surface area contributed by atoms with Crippen LogP contribution < -0.4 is 15.5 Å². The third-order valence-corrected chi connectivity index (χ3v) is 6.23. The largest absolute Gasteiger partial charge is 0.494 e. The van der Waals surface area contributed by atoms with Gasteiger partial charge in [0.1, 0.15) is 5.75 Å². The number of carboxylic acids is 1. The van der Waals surface area contributed by atoms with Gasteiger partial charge in [0.05, 0.1) is 12.5 Å². The van der Waals surface area contributed by atoms with Crippen molar-refractivity contribution in [3.05, 3.63) is 29.3 Å². The average molecular weight is 432 g/mol. The van der Waals surface area contributed by atoms with Gasteiger partial charge in [-0.25, -0.2) is 9.80 Å². The van der Waals surface area contributed by atoms with E-state index < -0.39 is 23.8 Å². The van der Waals surface area contributed by atoms with Gasteiger partial charge in [0.25, 0.3) is 5.91 Å². The summed E-state index contributed by atoms with van der Waals surface area (Å²) in [6.07, 6.45) is 3.40. The summed E-state index contributed by atoms with van der Waals surface area (Å²) in [4.78, 5) is 37.9. The van der Waals surface area contributed by atoms with Crippen molar-refractivity contribution in [1.29, 1.82) is 0 Å². The Hall–Kier alpha value is -2.61. The molecule has 1 saturated heterocycles. The Morgan fingerprint density at radius 3 is 2.58 bits per heavy atom. The predicted molar refractivity (Wildman–Crippen MR) is 116 cm³/mol. The van der Waals surface area contributed by atoms with Crippen molar-refractivity contribution >= 4 is 17.8 Å². The number of nitrogens with one attached hydrogen (secondary N) is 2. The molecule has 0 spiro atoms. The number of aliphatic carboxylic acids is 1. The molecule has 31 heavy (non-hydrogen) atoms. The Morgan fingerprint density at radius 2 is 1.97 bits per heavy atom. The van der Waals surface area contributed by atoms with Gasteiger partial charge in [-0.2, -0.15) is 0 Å². The maximum absolute atomic E-state index is 13.3. The van der Waals surface area contributed by atoms with Crippen molar-refractivity contribution in [3.63, 3.8) is 0 Å². The summed E-state index contributed by atoms with van der Waals surface area (Å²) in [7, 11) is 0. The van der Waals surface area contributed by atoms with Crippen LogP contribution in [0.4, 0.5) is 0 Å². The fraction of sp³-hybridized carbons (Fsp3) is 0.609. The number of piperidine rings is 1. The molecule has 8 nitrogen and oxygen atoms in total. The van der Waals surface area contributed by atoms with Gasteiger partial charge in [0.15, 0.2) is 6.04 Å². The van der Waals surface area contributed by atoms with Crippen molar-refractivity contribution < 1.29 is 24.2 Å². The first-order valence-corrected chi connectivity index (χ1v) is 11.2. The van der Waals surface area contributed by atoms with Gasteiger partial charge in [0, 0.05) is 5.56 Å². The Morgan fingerprint density at radius 1 is 1.26 bits per heavy atom. The Bertz CT molecular complexity index is 819. The van der Waals surface area contributed by atoms with Gasteiger partial charge in [-0.05, 0) is 68.3 Å². The lowest BCUT2D eigenvalue weighted by molar-refractivity contribution is -0.144. The first-order chi connectivity index (χ1) is 14.8. The van der Waals surface area contributed by atoms with Gasteiger partial charge in [0.2, 0.25) is 5.91 Å². The van der Waals surface area contributed by atoms with Crippen LogP contribution in [0, 0.1) is 11.8 Å². The van der Waals surface area contributed by atoms with E-state index in [0.717, 1.165) is 37.4 Å². The summed E-state index contributed by atoms with van der Waals surface area (Å²) in [6, 6.07) is 4.07. The predicted octanol–water partition coefficient (Wildman–Crippen LogP) is 2.54. The molecule has 170 valence electrons. The van der Waals surface area contributed by atoms with Crippen molar-refractivity contribution in [2.24, 2.45) is 11.8 Å². The lowest BCUT2D eigenvalue weighted by Crippen LogP contribution is -2.54. The topological polar surface area (TPSA) is 108 Å². The summed E-state index contributed by atoms with van der Waals surface area (Å²) in [6.45, 7) is 8.11. The minimum atomic E-state index is -1.16. The number of benzene rings is 1. The Balaban J connectivity index is 1.86. The van der Waals surface area contributed by atoms with E-state index in [1.54, 1.807) is 25.1 Å². The zero-order valence-corrected chi connectivity index (χ0v) is 18.5. The number of amides is 2. The first-order valence-electron chi connectivity index (χ1n) is 11.2. The van der Waals surface area contributed by atoms with Crippen molar-refractivity contribution in [1.82, 2.24) is 15.8 Å². The molecule has 0 aromatic heterocycles. The third kappa shape index (κ3) is 5.18. The number of carbonyl (C=O) groups is 3. The molecule has 2 heterocycles. The van der Waals surface area contributed by atoms with E-state index in [0.29, 0.717) is 29.4 Å². The van der Waals surface area contributed by atoms with Gasteiger partial charge in [-0.1, -0.05) is 26.8 Å². The highest BCUT2D eigenvalue weighted by Gasteiger charge is 2.39. The van der Waals surface area contributed by atoms with Crippen LogP contribution in [0.1, 0.15) is 68.3 Å². The van der Waals surface area contributed by atoms with Crippen LogP contribution in [0.25, 0.3) is 0 Å². The lowest BCUT2D eigenvalue weighted by Gasteiger charge is -2.27. The SMILES string of the molecule is CCC(C(=O)O)N1NC(=O)C(C(C)C)c2ccc(OCCC3CCNCC3)cc2C1=O. The lowest BCUT2D eigenvalue weighted by atomic mass is 9.85. The smallest absolute Gasteiger partial charge is 0.328 e. The van der Waals surface area contributed by atoms with E-state index in [1.807, 2.05) is 13.8 Å². The number of nitrogens with zero attached hydrogens (tertiary/aromatic N) is 1. The van der Waals surface area contributed by atoms with Crippen LogP contribution in [-0.2, 0) is 9.59 Å². The van der Waals surface area contributed by atoms with E-state index in [-0.39, 0.29) is 18.2 Å². The molecule has 2 aliphatic heterocycles. The fourth-order valence-electron chi connectivity index (χ4n) is 4.45. The number of hydrogen-bond donors (Lipinski definition) is 3. The van der Waals surface area contributed by atoms with E-state index in [2.05, 4.69) is 10.7 Å². The number of carboxylic acid groups (broad SMARTS) is 1. The second-order valence-electron chi connectivity index (χ2n) is 8.71. The van der Waals surface area contributed by atoms with Gasteiger partial charge < -0.3 is 15.2 Å². The average Bonchev–Trinajstić information content (AvgIpc) is 2.84. The molecule has 3 rings (SSSR count). The zero-order chi connectivity index (χ0) is 22.5. The number of hydrazine groups is 1. The summed E-state index contributed by atoms with van der Waals surface area (Å²) < 4.78 is 5.94. The maximum atomic E-state index is 13.3. The van der Waals surface area contributed by atoms with Crippen molar-refractivity contribution in [2.75, 3.05) is 19.7 Å². The Kier molecular flexibility index (Phi) is 7.54. The number of rotatable bonds is 8. The van der Waals surface area contributed by atoms with E-state index in [9.17, 15) is 19.5 Å². The second-order valence-corrected chi connectivity index (χ2v) is 8.71. The molecule has 0 radical (unpaired) electrons. The minimum absolute atomic E-state index is 0.0666. The molecule has 3 N–H and O–H groups in total. The maximum Gasteiger partial charge on any atom is 0.328 e. The third-order valence-electron chi connectivity index (χ3n) is 6.23. The minimum Gasteiger partial charge on any atom is -0.494 e. The first kappa shape index (κ1) is 23.1. The van der Waals surface area contributed by atoms with Crippen molar-refractivity contribution in [2.45, 2.75) is 58.4 Å². The second kappa shape index (κ2) is 10.1.